The SMILES string of the molecule is NC(=O)C1=C(O)C2=C(O)C3=C(O)c4c(O)cccc4CC3CC2C(N2CCOCC2)C1=O. The molecule has 0 bridgehead atoms. The molecule has 1 aromatic rings. The van der Waals surface area contributed by atoms with Crippen molar-refractivity contribution >= 4 is 17.4 Å². The molecule has 3 atom stereocenters. The second-order valence-corrected chi connectivity index (χ2v) is 8.62. The number of allylic oxidation sites excluding steroid dienone is 2. The van der Waals surface area contributed by atoms with Crippen molar-refractivity contribution in [2.45, 2.75) is 18.9 Å². The highest BCUT2D eigenvalue weighted by Gasteiger charge is 2.51. The van der Waals surface area contributed by atoms with Gasteiger partial charge in [0.25, 0.3) is 5.91 Å². The Bertz CT molecular complexity index is 1130. The summed E-state index contributed by atoms with van der Waals surface area (Å²) >= 11 is 0. The van der Waals surface area contributed by atoms with Crippen molar-refractivity contribution in [3.05, 3.63) is 57.6 Å². The van der Waals surface area contributed by atoms with Crippen LogP contribution in [0.25, 0.3) is 5.76 Å². The summed E-state index contributed by atoms with van der Waals surface area (Å²) in [7, 11) is 0. The summed E-state index contributed by atoms with van der Waals surface area (Å²) < 4.78 is 5.40. The van der Waals surface area contributed by atoms with Gasteiger partial charge in [0.05, 0.1) is 24.8 Å². The van der Waals surface area contributed by atoms with Gasteiger partial charge in [0.2, 0.25) is 0 Å². The number of carbonyl (C=O) groups excluding carboxylic acids is 2. The molecule has 1 fully saturated rings. The predicted molar refractivity (Wildman–Crippen MR) is 113 cm³/mol. The van der Waals surface area contributed by atoms with Crippen molar-refractivity contribution in [3.63, 3.8) is 0 Å². The maximum atomic E-state index is 13.3. The average Bonchev–Trinajstić information content (AvgIpc) is 2.74. The first-order valence-electron chi connectivity index (χ1n) is 10.6. The van der Waals surface area contributed by atoms with Gasteiger partial charge < -0.3 is 30.9 Å². The molecule has 9 nitrogen and oxygen atoms in total. The monoisotopic (exact) mass is 440 g/mol. The normalized spacial score (nSPS) is 28.4. The summed E-state index contributed by atoms with van der Waals surface area (Å²) in [6.07, 6.45) is 0.798. The van der Waals surface area contributed by atoms with Crippen LogP contribution in [-0.4, -0.2) is 69.4 Å². The number of hydrogen-bond acceptors (Lipinski definition) is 8. The highest BCUT2D eigenvalue weighted by molar-refractivity contribution is 6.22. The van der Waals surface area contributed by atoms with E-state index in [1.54, 1.807) is 12.1 Å². The Hall–Kier alpha value is -3.30. The highest BCUT2D eigenvalue weighted by atomic mass is 16.5. The van der Waals surface area contributed by atoms with Gasteiger partial charge >= 0.3 is 0 Å². The second-order valence-electron chi connectivity index (χ2n) is 8.62. The van der Waals surface area contributed by atoms with Gasteiger partial charge in [0.15, 0.2) is 5.78 Å². The van der Waals surface area contributed by atoms with Crippen molar-refractivity contribution in [1.29, 1.82) is 0 Å². The molecule has 1 heterocycles. The van der Waals surface area contributed by atoms with Crippen molar-refractivity contribution in [3.8, 4) is 5.75 Å². The standard InChI is InChI=1S/C23H24N2O7/c24-23(31)17-21(29)16-12(18(22(17)30)25-4-6-32-7-5-25)9-11-8-10-2-1-3-13(26)14(10)19(27)15(11)20(16)28/h1-3,11-12,18,26-29H,4-9H2,(H2,24,31). The van der Waals surface area contributed by atoms with E-state index in [1.807, 2.05) is 4.90 Å². The lowest BCUT2D eigenvalue weighted by Crippen LogP contribution is -2.56. The molecule has 168 valence electrons. The van der Waals surface area contributed by atoms with Crippen molar-refractivity contribution < 1.29 is 34.8 Å². The Labute approximate surface area is 183 Å². The minimum absolute atomic E-state index is 0.0339. The van der Waals surface area contributed by atoms with Crippen LogP contribution in [0.2, 0.25) is 0 Å². The molecule has 3 unspecified atom stereocenters. The van der Waals surface area contributed by atoms with Crippen LogP contribution in [0.1, 0.15) is 17.5 Å². The number of rotatable bonds is 2. The van der Waals surface area contributed by atoms with E-state index in [4.69, 9.17) is 10.5 Å². The first-order chi connectivity index (χ1) is 15.3. The van der Waals surface area contributed by atoms with Crippen LogP contribution in [0.3, 0.4) is 0 Å². The smallest absolute Gasteiger partial charge is 0.256 e. The number of ketones is 1. The Morgan fingerprint density at radius 1 is 1.03 bits per heavy atom. The van der Waals surface area contributed by atoms with E-state index in [2.05, 4.69) is 0 Å². The molecule has 1 aliphatic heterocycles. The van der Waals surface area contributed by atoms with Crippen LogP contribution in [-0.2, 0) is 20.7 Å². The van der Waals surface area contributed by atoms with E-state index in [1.165, 1.54) is 6.07 Å². The topological polar surface area (TPSA) is 154 Å². The van der Waals surface area contributed by atoms with Gasteiger partial charge in [-0.2, -0.15) is 0 Å². The van der Waals surface area contributed by atoms with Crippen molar-refractivity contribution in [2.75, 3.05) is 26.3 Å². The summed E-state index contributed by atoms with van der Waals surface area (Å²) in [5, 5.41) is 43.3. The summed E-state index contributed by atoms with van der Waals surface area (Å²) in [6, 6.07) is 4.14. The molecule has 0 aromatic heterocycles. The Balaban J connectivity index is 1.73. The lowest BCUT2D eigenvalue weighted by Gasteiger charge is -2.45. The molecule has 3 aliphatic carbocycles. The maximum Gasteiger partial charge on any atom is 0.256 e. The Kier molecular flexibility index (Phi) is 4.75. The number of nitrogens with zero attached hydrogens (tertiary/aromatic N) is 1. The lowest BCUT2D eigenvalue weighted by atomic mass is 9.64. The summed E-state index contributed by atoms with van der Waals surface area (Å²) in [4.78, 5) is 27.3. The number of primary amides is 1. The van der Waals surface area contributed by atoms with Crippen LogP contribution in [0.5, 0.6) is 5.75 Å². The molecule has 0 spiro atoms. The molecule has 32 heavy (non-hydrogen) atoms. The van der Waals surface area contributed by atoms with Gasteiger partial charge in [0, 0.05) is 30.2 Å². The maximum absolute atomic E-state index is 13.3. The first kappa shape index (κ1) is 20.6. The number of hydrogen-bond donors (Lipinski definition) is 5. The summed E-state index contributed by atoms with van der Waals surface area (Å²) in [6.45, 7) is 1.77. The first-order valence-corrected chi connectivity index (χ1v) is 10.6. The van der Waals surface area contributed by atoms with Gasteiger partial charge in [-0.15, -0.1) is 0 Å². The zero-order chi connectivity index (χ0) is 22.7. The number of Topliss-reactive ketones (excluding diaryl/α,β-unsaturated/α-hetero) is 1. The molecule has 4 aliphatic rings. The number of ether oxygens (including phenoxy) is 1. The summed E-state index contributed by atoms with van der Waals surface area (Å²) in [5.74, 6) is -3.97. The minimum atomic E-state index is -1.07. The number of phenols is 1. The number of amides is 1. The second kappa shape index (κ2) is 7.39. The number of aliphatic hydroxyl groups excluding tert-OH is 3. The lowest BCUT2D eigenvalue weighted by molar-refractivity contribution is -0.128. The van der Waals surface area contributed by atoms with E-state index in [0.29, 0.717) is 39.1 Å². The third-order valence-corrected chi connectivity index (χ3v) is 6.99. The van der Waals surface area contributed by atoms with Crippen LogP contribution in [0.15, 0.2) is 46.4 Å². The number of nitrogens with two attached hydrogens (primary N) is 1. The van der Waals surface area contributed by atoms with Crippen LogP contribution < -0.4 is 5.73 Å². The molecule has 0 saturated carbocycles. The van der Waals surface area contributed by atoms with Gasteiger partial charge in [-0.1, -0.05) is 12.1 Å². The van der Waals surface area contributed by atoms with Crippen molar-refractivity contribution in [2.24, 2.45) is 17.6 Å². The van der Waals surface area contributed by atoms with Gasteiger partial charge in [0.1, 0.15) is 28.6 Å². The van der Waals surface area contributed by atoms with Gasteiger partial charge in [-0.05, 0) is 30.4 Å². The zero-order valence-electron chi connectivity index (χ0n) is 17.2. The number of aliphatic hydroxyl groups is 3. The van der Waals surface area contributed by atoms with Crippen LogP contribution in [0.4, 0.5) is 0 Å². The third-order valence-electron chi connectivity index (χ3n) is 6.99. The number of phenolic OH excluding ortho intramolecular Hbond substituents is 1. The van der Waals surface area contributed by atoms with E-state index >= 15 is 0 Å². The molecular formula is C23H24N2O7. The molecule has 1 amide bonds. The van der Waals surface area contributed by atoms with Crippen LogP contribution in [0, 0.1) is 11.8 Å². The number of fused-ring (bicyclic) bond motifs is 3. The van der Waals surface area contributed by atoms with Gasteiger partial charge in [-0.25, -0.2) is 0 Å². The quantitative estimate of drug-likeness (QED) is 0.431. The molecule has 5 rings (SSSR count). The predicted octanol–water partition coefficient (Wildman–Crippen LogP) is 1.25. The molecule has 1 aromatic carbocycles. The zero-order valence-corrected chi connectivity index (χ0v) is 17.2. The summed E-state index contributed by atoms with van der Waals surface area (Å²) in [5.41, 5.74) is 6.08. The van der Waals surface area contributed by atoms with E-state index in [0.717, 1.165) is 5.56 Å². The average molecular weight is 440 g/mol. The molecule has 1 saturated heterocycles. The molecular weight excluding hydrogens is 416 g/mol. The minimum Gasteiger partial charge on any atom is -0.507 e. The van der Waals surface area contributed by atoms with E-state index in [9.17, 15) is 30.0 Å². The number of benzene rings is 1. The fourth-order valence-electron chi connectivity index (χ4n) is 5.65. The molecule has 6 N–H and O–H groups in total. The molecule has 0 radical (unpaired) electrons. The number of aromatic hydroxyl groups is 1. The van der Waals surface area contributed by atoms with Crippen molar-refractivity contribution in [1.82, 2.24) is 4.90 Å². The molecule has 9 heteroatoms. The Morgan fingerprint density at radius 2 is 1.75 bits per heavy atom. The fraction of sp³-hybridized carbons (Fsp3) is 0.391. The highest BCUT2D eigenvalue weighted by Crippen LogP contribution is 2.51. The number of carbonyl (C=O) groups is 2. The van der Waals surface area contributed by atoms with Gasteiger partial charge in [-0.3, -0.25) is 14.5 Å². The fourth-order valence-corrected chi connectivity index (χ4v) is 5.65. The van der Waals surface area contributed by atoms with E-state index in [-0.39, 0.29) is 39.9 Å². The Morgan fingerprint density at radius 3 is 2.44 bits per heavy atom. The number of morpholine rings is 1. The third kappa shape index (κ3) is 2.85. The largest absolute Gasteiger partial charge is 0.507 e. The van der Waals surface area contributed by atoms with E-state index < -0.39 is 35.0 Å². The van der Waals surface area contributed by atoms with Crippen LogP contribution >= 0.6 is 0 Å².